The Kier molecular flexibility index (Phi) is 5.40. The van der Waals surface area contributed by atoms with E-state index in [9.17, 15) is 0 Å². The number of rotatable bonds is 6. The molecule has 1 N–H and O–H groups in total. The van der Waals surface area contributed by atoms with Crippen molar-refractivity contribution in [3.63, 3.8) is 0 Å². The quantitative estimate of drug-likeness (QED) is 0.634. The minimum atomic E-state index is 0.878. The van der Waals surface area contributed by atoms with Crippen molar-refractivity contribution in [2.75, 3.05) is 26.7 Å². The highest BCUT2D eigenvalue weighted by atomic mass is 15.1. The third-order valence-electron chi connectivity index (χ3n) is 3.02. The van der Waals surface area contributed by atoms with Crippen molar-refractivity contribution < 1.29 is 0 Å². The van der Waals surface area contributed by atoms with E-state index in [1.54, 1.807) is 0 Å². The fourth-order valence-corrected chi connectivity index (χ4v) is 2.08. The van der Waals surface area contributed by atoms with E-state index in [2.05, 4.69) is 24.2 Å². The summed E-state index contributed by atoms with van der Waals surface area (Å²) < 4.78 is 0. The molecule has 0 radical (unpaired) electrons. The van der Waals surface area contributed by atoms with E-state index in [0.717, 1.165) is 12.6 Å². The van der Waals surface area contributed by atoms with E-state index in [1.165, 1.54) is 45.2 Å². The molecule has 1 aliphatic rings. The van der Waals surface area contributed by atoms with Crippen molar-refractivity contribution in [3.05, 3.63) is 0 Å². The summed E-state index contributed by atoms with van der Waals surface area (Å²) in [5, 5.41) is 3.45. The molecule has 0 heterocycles. The van der Waals surface area contributed by atoms with Gasteiger partial charge in [-0.25, -0.2) is 0 Å². The van der Waals surface area contributed by atoms with Crippen LogP contribution in [0, 0.1) is 0 Å². The molecule has 1 fully saturated rings. The summed E-state index contributed by atoms with van der Waals surface area (Å²) >= 11 is 0. The van der Waals surface area contributed by atoms with Gasteiger partial charge in [0.15, 0.2) is 0 Å². The van der Waals surface area contributed by atoms with Gasteiger partial charge >= 0.3 is 0 Å². The van der Waals surface area contributed by atoms with Gasteiger partial charge in [0.1, 0.15) is 0 Å². The lowest BCUT2D eigenvalue weighted by atomic mass is 10.2. The van der Waals surface area contributed by atoms with Gasteiger partial charge in [-0.3, -0.25) is 0 Å². The fourth-order valence-electron chi connectivity index (χ4n) is 2.08. The topological polar surface area (TPSA) is 15.3 Å². The fraction of sp³-hybridized carbons (Fsp3) is 1.00. The molecular formula is C11H24N2. The van der Waals surface area contributed by atoms with Crippen LogP contribution in [-0.4, -0.2) is 37.6 Å². The monoisotopic (exact) mass is 184 g/mol. The van der Waals surface area contributed by atoms with Crippen LogP contribution in [0.15, 0.2) is 0 Å². The van der Waals surface area contributed by atoms with E-state index < -0.39 is 0 Å². The first-order valence-electron chi connectivity index (χ1n) is 5.75. The second-order valence-electron chi connectivity index (χ2n) is 4.17. The van der Waals surface area contributed by atoms with Gasteiger partial charge in [0.25, 0.3) is 0 Å². The molecule has 2 nitrogen and oxygen atoms in total. The Bertz CT molecular complexity index is 119. The average Bonchev–Trinajstić information content (AvgIpc) is 2.65. The zero-order valence-corrected chi connectivity index (χ0v) is 9.18. The molecule has 0 aromatic carbocycles. The summed E-state index contributed by atoms with van der Waals surface area (Å²) in [6, 6.07) is 0.878. The summed E-state index contributed by atoms with van der Waals surface area (Å²) in [4.78, 5) is 2.52. The first-order chi connectivity index (χ1) is 6.34. The van der Waals surface area contributed by atoms with Gasteiger partial charge in [0, 0.05) is 19.1 Å². The predicted molar refractivity (Wildman–Crippen MR) is 58.0 cm³/mol. The van der Waals surface area contributed by atoms with Crippen LogP contribution in [0.25, 0.3) is 0 Å². The highest BCUT2D eigenvalue weighted by Crippen LogP contribution is 2.21. The van der Waals surface area contributed by atoms with Crippen LogP contribution in [0.4, 0.5) is 0 Å². The lowest BCUT2D eigenvalue weighted by Gasteiger charge is -2.23. The van der Waals surface area contributed by atoms with E-state index in [-0.39, 0.29) is 0 Å². The first kappa shape index (κ1) is 11.0. The molecule has 78 valence electrons. The molecule has 0 aliphatic heterocycles. The summed E-state index contributed by atoms with van der Waals surface area (Å²) in [5.74, 6) is 0. The summed E-state index contributed by atoms with van der Waals surface area (Å²) in [7, 11) is 2.27. The zero-order chi connectivity index (χ0) is 9.52. The maximum absolute atomic E-state index is 3.45. The number of likely N-dealkylation sites (N-methyl/N-ethyl adjacent to an activating group) is 1. The van der Waals surface area contributed by atoms with Gasteiger partial charge in [0.05, 0.1) is 0 Å². The standard InChI is InChI=1S/C11H24N2/c1-3-8-12-9-10-13(2)11-6-4-5-7-11/h11-12H,3-10H2,1-2H3. The van der Waals surface area contributed by atoms with Crippen LogP contribution < -0.4 is 5.32 Å². The second kappa shape index (κ2) is 6.39. The highest BCUT2D eigenvalue weighted by Gasteiger charge is 2.18. The largest absolute Gasteiger partial charge is 0.315 e. The lowest BCUT2D eigenvalue weighted by Crippen LogP contribution is -2.35. The molecule has 0 unspecified atom stereocenters. The molecule has 0 atom stereocenters. The van der Waals surface area contributed by atoms with Crippen molar-refractivity contribution in [1.29, 1.82) is 0 Å². The number of hydrogen-bond acceptors (Lipinski definition) is 2. The molecule has 0 amide bonds. The van der Waals surface area contributed by atoms with Crippen molar-refractivity contribution in [2.24, 2.45) is 0 Å². The molecule has 0 bridgehead atoms. The minimum absolute atomic E-state index is 0.878. The highest BCUT2D eigenvalue weighted by molar-refractivity contribution is 4.75. The lowest BCUT2D eigenvalue weighted by molar-refractivity contribution is 0.246. The van der Waals surface area contributed by atoms with E-state index in [4.69, 9.17) is 0 Å². The normalized spacial score (nSPS) is 18.7. The molecule has 2 heteroatoms. The Labute approximate surface area is 82.7 Å². The van der Waals surface area contributed by atoms with Crippen LogP contribution in [0.5, 0.6) is 0 Å². The summed E-state index contributed by atoms with van der Waals surface area (Å²) in [5.41, 5.74) is 0. The number of nitrogens with one attached hydrogen (secondary N) is 1. The minimum Gasteiger partial charge on any atom is -0.315 e. The average molecular weight is 184 g/mol. The van der Waals surface area contributed by atoms with Crippen molar-refractivity contribution in [1.82, 2.24) is 10.2 Å². The van der Waals surface area contributed by atoms with Crippen molar-refractivity contribution >= 4 is 0 Å². The maximum Gasteiger partial charge on any atom is 0.0107 e. The van der Waals surface area contributed by atoms with Gasteiger partial charge in [-0.05, 0) is 32.9 Å². The molecule has 1 saturated carbocycles. The van der Waals surface area contributed by atoms with E-state index in [1.807, 2.05) is 0 Å². The Morgan fingerprint density at radius 3 is 2.54 bits per heavy atom. The Balaban J connectivity index is 1.99. The predicted octanol–water partition coefficient (Wildman–Crippen LogP) is 1.86. The van der Waals surface area contributed by atoms with Gasteiger partial charge in [-0.2, -0.15) is 0 Å². The van der Waals surface area contributed by atoms with Crippen LogP contribution >= 0.6 is 0 Å². The SMILES string of the molecule is CCCNCCN(C)C1CCCC1. The van der Waals surface area contributed by atoms with Gasteiger partial charge in [-0.15, -0.1) is 0 Å². The van der Waals surface area contributed by atoms with Gasteiger partial charge in [-0.1, -0.05) is 19.8 Å². The zero-order valence-electron chi connectivity index (χ0n) is 9.18. The Hall–Kier alpha value is -0.0800. The van der Waals surface area contributed by atoms with Crippen LogP contribution in [0.2, 0.25) is 0 Å². The molecule has 0 saturated heterocycles. The van der Waals surface area contributed by atoms with Crippen LogP contribution in [-0.2, 0) is 0 Å². The second-order valence-corrected chi connectivity index (χ2v) is 4.17. The van der Waals surface area contributed by atoms with Crippen LogP contribution in [0.3, 0.4) is 0 Å². The third-order valence-corrected chi connectivity index (χ3v) is 3.02. The van der Waals surface area contributed by atoms with E-state index >= 15 is 0 Å². The molecule has 1 rings (SSSR count). The Morgan fingerprint density at radius 1 is 1.23 bits per heavy atom. The molecular weight excluding hydrogens is 160 g/mol. The third kappa shape index (κ3) is 4.10. The van der Waals surface area contributed by atoms with E-state index in [0.29, 0.717) is 0 Å². The number of nitrogens with zero attached hydrogens (tertiary/aromatic N) is 1. The Morgan fingerprint density at radius 2 is 1.92 bits per heavy atom. The maximum atomic E-state index is 3.45. The smallest absolute Gasteiger partial charge is 0.0107 e. The first-order valence-corrected chi connectivity index (χ1v) is 5.75. The molecule has 0 aromatic heterocycles. The molecule has 13 heavy (non-hydrogen) atoms. The van der Waals surface area contributed by atoms with Crippen molar-refractivity contribution in [3.8, 4) is 0 Å². The van der Waals surface area contributed by atoms with Crippen molar-refractivity contribution in [2.45, 2.75) is 45.1 Å². The molecule has 1 aliphatic carbocycles. The summed E-state index contributed by atoms with van der Waals surface area (Å²) in [6.07, 6.45) is 6.97. The van der Waals surface area contributed by atoms with Gasteiger partial charge in [0.2, 0.25) is 0 Å². The molecule has 0 spiro atoms. The number of hydrogen-bond donors (Lipinski definition) is 1. The molecule has 0 aromatic rings. The summed E-state index contributed by atoms with van der Waals surface area (Å²) in [6.45, 7) is 5.75. The van der Waals surface area contributed by atoms with Crippen LogP contribution in [0.1, 0.15) is 39.0 Å². The van der Waals surface area contributed by atoms with Gasteiger partial charge < -0.3 is 10.2 Å².